The summed E-state index contributed by atoms with van der Waals surface area (Å²) in [5, 5.41) is 4.60. The van der Waals surface area contributed by atoms with Crippen LogP contribution in [0.15, 0.2) is 36.4 Å². The maximum Gasteiger partial charge on any atom is 0.408 e. The number of amides is 1. The number of hydrogen-bond donors (Lipinski definition) is 2. The average Bonchev–Trinajstić information content (AvgIpc) is 2.44. The minimum Gasteiger partial charge on any atom is -0.444 e. The lowest BCUT2D eigenvalue weighted by Gasteiger charge is -2.19. The molecule has 114 valence electrons. The van der Waals surface area contributed by atoms with Gasteiger partial charge in [0.2, 0.25) is 0 Å². The normalized spacial score (nSPS) is 10.7. The summed E-state index contributed by atoms with van der Waals surface area (Å²) in [6.07, 6.45) is -0.469. The average molecular weight is 296 g/mol. The fourth-order valence-corrected chi connectivity index (χ4v) is 2.00. The Morgan fingerprint density at radius 1 is 1.18 bits per heavy atom. The van der Waals surface area contributed by atoms with Crippen LogP contribution in [-0.2, 0) is 4.74 Å². The summed E-state index contributed by atoms with van der Waals surface area (Å²) < 4.78 is 5.14. The van der Waals surface area contributed by atoms with E-state index >= 15 is 0 Å². The fraction of sp³-hybridized carbons (Fsp3) is 0.278. The van der Waals surface area contributed by atoms with Crippen LogP contribution in [0.1, 0.15) is 26.3 Å². The van der Waals surface area contributed by atoms with Gasteiger partial charge in [0.05, 0.1) is 6.54 Å². The van der Waals surface area contributed by atoms with Gasteiger partial charge in [-0.15, -0.1) is 0 Å². The lowest BCUT2D eigenvalue weighted by atomic mass is 10.0. The molecule has 1 amide bonds. The second kappa shape index (κ2) is 6.40. The van der Waals surface area contributed by atoms with E-state index in [2.05, 4.69) is 17.2 Å². The monoisotopic (exact) mass is 296 g/mol. The Labute approximate surface area is 130 Å². The number of fused-ring (bicyclic) bond motifs is 1. The summed E-state index contributed by atoms with van der Waals surface area (Å²) in [5.74, 6) is 5.98. The van der Waals surface area contributed by atoms with Crippen LogP contribution in [-0.4, -0.2) is 18.2 Å². The van der Waals surface area contributed by atoms with E-state index in [4.69, 9.17) is 10.5 Å². The summed E-state index contributed by atoms with van der Waals surface area (Å²) in [6, 6.07) is 11.6. The molecule has 0 heterocycles. The number of ether oxygens (including phenoxy) is 1. The molecule has 0 fully saturated rings. The van der Waals surface area contributed by atoms with E-state index in [1.54, 1.807) is 0 Å². The zero-order valence-corrected chi connectivity index (χ0v) is 13.1. The third-order valence-corrected chi connectivity index (χ3v) is 2.90. The van der Waals surface area contributed by atoms with Crippen molar-refractivity contribution in [1.29, 1.82) is 0 Å². The number of hydrogen-bond acceptors (Lipinski definition) is 3. The van der Waals surface area contributed by atoms with Crippen molar-refractivity contribution in [2.75, 3.05) is 12.3 Å². The van der Waals surface area contributed by atoms with Crippen LogP contribution in [0.5, 0.6) is 0 Å². The molecule has 2 aromatic carbocycles. The number of benzene rings is 2. The fourth-order valence-electron chi connectivity index (χ4n) is 2.00. The van der Waals surface area contributed by atoms with Gasteiger partial charge in [-0.3, -0.25) is 0 Å². The van der Waals surface area contributed by atoms with E-state index in [0.717, 1.165) is 22.0 Å². The molecule has 22 heavy (non-hydrogen) atoms. The van der Waals surface area contributed by atoms with Crippen LogP contribution >= 0.6 is 0 Å². The molecule has 2 aromatic rings. The Morgan fingerprint density at radius 2 is 1.86 bits per heavy atom. The highest BCUT2D eigenvalue weighted by Crippen LogP contribution is 2.23. The van der Waals surface area contributed by atoms with E-state index < -0.39 is 11.7 Å². The first kappa shape index (κ1) is 15.7. The number of alkyl carbamates (subject to hydrolysis) is 1. The number of carbonyl (C=O) groups is 1. The highest BCUT2D eigenvalue weighted by Gasteiger charge is 2.15. The van der Waals surface area contributed by atoms with Crippen molar-refractivity contribution in [3.8, 4) is 11.8 Å². The van der Waals surface area contributed by atoms with Crippen molar-refractivity contribution in [2.24, 2.45) is 0 Å². The van der Waals surface area contributed by atoms with Crippen LogP contribution in [0, 0.1) is 11.8 Å². The van der Waals surface area contributed by atoms with E-state index in [0.29, 0.717) is 0 Å². The molecular weight excluding hydrogens is 276 g/mol. The molecule has 3 N–H and O–H groups in total. The zero-order valence-electron chi connectivity index (χ0n) is 13.1. The van der Waals surface area contributed by atoms with Gasteiger partial charge in [-0.05, 0) is 38.3 Å². The summed E-state index contributed by atoms with van der Waals surface area (Å²) >= 11 is 0. The number of nitrogens with two attached hydrogens (primary N) is 1. The number of nitrogens with one attached hydrogen (secondary N) is 1. The van der Waals surface area contributed by atoms with Crippen LogP contribution in [0.2, 0.25) is 0 Å². The Bertz CT molecular complexity index is 749. The second-order valence-corrected chi connectivity index (χ2v) is 5.91. The quantitative estimate of drug-likeness (QED) is 0.627. The maximum absolute atomic E-state index is 11.5. The number of anilines is 1. The van der Waals surface area contributed by atoms with Gasteiger partial charge in [0.15, 0.2) is 0 Å². The van der Waals surface area contributed by atoms with Crippen molar-refractivity contribution in [1.82, 2.24) is 5.32 Å². The second-order valence-electron chi connectivity index (χ2n) is 5.91. The van der Waals surface area contributed by atoms with Gasteiger partial charge in [-0.25, -0.2) is 4.79 Å². The molecule has 4 nitrogen and oxygen atoms in total. The molecule has 0 saturated carbocycles. The maximum atomic E-state index is 11.5. The van der Waals surface area contributed by atoms with Gasteiger partial charge >= 0.3 is 6.09 Å². The van der Waals surface area contributed by atoms with Gasteiger partial charge in [-0.2, -0.15) is 0 Å². The molecule has 0 aromatic heterocycles. The first-order valence-corrected chi connectivity index (χ1v) is 7.10. The first-order valence-electron chi connectivity index (χ1n) is 7.10. The smallest absolute Gasteiger partial charge is 0.408 e. The summed E-state index contributed by atoms with van der Waals surface area (Å²) in [4.78, 5) is 11.5. The highest BCUT2D eigenvalue weighted by molar-refractivity contribution is 5.96. The van der Waals surface area contributed by atoms with E-state index in [1.807, 2.05) is 57.2 Å². The van der Waals surface area contributed by atoms with Crippen molar-refractivity contribution in [2.45, 2.75) is 26.4 Å². The Kier molecular flexibility index (Phi) is 4.57. The highest BCUT2D eigenvalue weighted by atomic mass is 16.6. The Hall–Kier alpha value is -2.67. The third-order valence-electron chi connectivity index (χ3n) is 2.90. The van der Waals surface area contributed by atoms with Gasteiger partial charge < -0.3 is 15.8 Å². The van der Waals surface area contributed by atoms with Gasteiger partial charge in [0.1, 0.15) is 5.60 Å². The molecule has 0 atom stereocenters. The summed E-state index contributed by atoms with van der Waals surface area (Å²) in [5.41, 5.74) is 7.06. The number of rotatable bonds is 1. The molecule has 4 heteroatoms. The van der Waals surface area contributed by atoms with Gasteiger partial charge in [0.25, 0.3) is 0 Å². The minimum atomic E-state index is -0.509. The predicted octanol–water partition coefficient (Wildman–Crippen LogP) is 3.30. The topological polar surface area (TPSA) is 64.3 Å². The SMILES string of the molecule is CC(C)(C)OC(=O)NCC#Cc1ccc(N)c2ccccc12. The largest absolute Gasteiger partial charge is 0.444 e. The Morgan fingerprint density at radius 3 is 2.55 bits per heavy atom. The Balaban J connectivity index is 2.07. The summed E-state index contributed by atoms with van der Waals surface area (Å²) in [6.45, 7) is 5.68. The molecule has 0 radical (unpaired) electrons. The zero-order chi connectivity index (χ0) is 16.2. The first-order chi connectivity index (χ1) is 10.4. The van der Waals surface area contributed by atoms with Crippen molar-refractivity contribution in [3.63, 3.8) is 0 Å². The predicted molar refractivity (Wildman–Crippen MR) is 89.5 cm³/mol. The molecule has 0 aliphatic heterocycles. The van der Waals surface area contributed by atoms with Crippen LogP contribution < -0.4 is 11.1 Å². The lowest BCUT2D eigenvalue weighted by molar-refractivity contribution is 0.0535. The number of nitrogen functional groups attached to an aromatic ring is 1. The third kappa shape index (κ3) is 4.16. The standard InChI is InChI=1S/C18H20N2O2/c1-18(2,3)22-17(21)20-12-6-7-13-10-11-16(19)15-9-5-4-8-14(13)15/h4-5,8-11H,12,19H2,1-3H3,(H,20,21). The van der Waals surface area contributed by atoms with Crippen molar-refractivity contribution < 1.29 is 9.53 Å². The van der Waals surface area contributed by atoms with Crippen LogP contribution in [0.4, 0.5) is 10.5 Å². The molecule has 2 rings (SSSR count). The van der Waals surface area contributed by atoms with E-state index in [-0.39, 0.29) is 6.54 Å². The van der Waals surface area contributed by atoms with Crippen molar-refractivity contribution in [3.05, 3.63) is 42.0 Å². The lowest BCUT2D eigenvalue weighted by Crippen LogP contribution is -2.32. The van der Waals surface area contributed by atoms with E-state index in [9.17, 15) is 4.79 Å². The van der Waals surface area contributed by atoms with Crippen LogP contribution in [0.25, 0.3) is 10.8 Å². The molecule has 0 unspecified atom stereocenters. The van der Waals surface area contributed by atoms with E-state index in [1.165, 1.54) is 0 Å². The summed E-state index contributed by atoms with van der Waals surface area (Å²) in [7, 11) is 0. The molecular formula is C18H20N2O2. The molecule has 0 aliphatic rings. The van der Waals surface area contributed by atoms with Crippen molar-refractivity contribution >= 4 is 22.6 Å². The molecule has 0 saturated heterocycles. The minimum absolute atomic E-state index is 0.230. The van der Waals surface area contributed by atoms with Gasteiger partial charge in [0, 0.05) is 16.6 Å². The van der Waals surface area contributed by atoms with Crippen LogP contribution in [0.3, 0.4) is 0 Å². The molecule has 0 spiro atoms. The molecule has 0 bridgehead atoms. The number of carbonyl (C=O) groups excluding carboxylic acids is 1. The molecule has 0 aliphatic carbocycles. The van der Waals surface area contributed by atoms with Gasteiger partial charge in [-0.1, -0.05) is 36.1 Å².